The van der Waals surface area contributed by atoms with Crippen LogP contribution in [0, 0.1) is 0 Å². The number of nitrogens with two attached hydrogens (primary N) is 1. The zero-order valence-electron chi connectivity index (χ0n) is 23.0. The van der Waals surface area contributed by atoms with Crippen LogP contribution in [0.4, 0.5) is 0 Å². The molecule has 0 saturated heterocycles. The van der Waals surface area contributed by atoms with Crippen molar-refractivity contribution < 1.29 is 4.70 Å². The highest BCUT2D eigenvalue weighted by Crippen LogP contribution is 2.21. The Kier molecular flexibility index (Phi) is 20.5. The largest absolute Gasteiger partial charge is 0.335 e. The van der Waals surface area contributed by atoms with Gasteiger partial charge in [0, 0.05) is 7.05 Å². The van der Waals surface area contributed by atoms with Crippen LogP contribution in [0.15, 0.2) is 4.99 Å². The van der Waals surface area contributed by atoms with Crippen LogP contribution in [0.25, 0.3) is 0 Å². The molecule has 0 spiro atoms. The fourth-order valence-electron chi connectivity index (χ4n) is 4.54. The van der Waals surface area contributed by atoms with Crippen molar-refractivity contribution in [3.05, 3.63) is 0 Å². The summed E-state index contributed by atoms with van der Waals surface area (Å²) in [5.74, 6) is 0.738. The van der Waals surface area contributed by atoms with Gasteiger partial charge in [0.2, 0.25) is 0 Å². The van der Waals surface area contributed by atoms with Crippen LogP contribution in [-0.4, -0.2) is 61.0 Å². The van der Waals surface area contributed by atoms with Crippen molar-refractivity contribution >= 4 is 5.96 Å². The van der Waals surface area contributed by atoms with E-state index in [0.717, 1.165) is 32.1 Å². The smallest absolute Gasteiger partial charge is 0.335 e. The molecule has 192 valence electrons. The third-order valence-corrected chi connectivity index (χ3v) is 6.84. The molecule has 0 fully saturated rings. The molecule has 0 aliphatic rings. The maximum absolute atomic E-state index is 6.71. The summed E-state index contributed by atoms with van der Waals surface area (Å²) >= 11 is 0. The summed E-state index contributed by atoms with van der Waals surface area (Å²) in [5, 5.41) is 5.26. The summed E-state index contributed by atoms with van der Waals surface area (Å²) in [4.78, 5) is 4.56. The highest BCUT2D eigenvalue weighted by molar-refractivity contribution is 5.70. The average molecular weight is 455 g/mol. The van der Waals surface area contributed by atoms with Gasteiger partial charge in [0.25, 0.3) is 0 Å². The second kappa shape index (κ2) is 20.9. The molecule has 0 aromatic carbocycles. The Morgan fingerprint density at radius 3 is 1.06 bits per heavy atom. The summed E-state index contributed by atoms with van der Waals surface area (Å²) in [6.45, 7) is 13.5. The SMILES string of the molecule is CCCCCCN(CCCCCC)[N+](C)(C(N)=NC)N(CCCCCC)CCCCCC. The maximum atomic E-state index is 6.71. The van der Waals surface area contributed by atoms with Gasteiger partial charge in [-0.15, -0.1) is 14.7 Å². The van der Waals surface area contributed by atoms with Crippen LogP contribution in [0.3, 0.4) is 0 Å². The Bertz CT molecular complexity index is 386. The van der Waals surface area contributed by atoms with E-state index in [-0.39, 0.29) is 0 Å². The summed E-state index contributed by atoms with van der Waals surface area (Å²) in [7, 11) is 4.17. The lowest BCUT2D eigenvalue weighted by atomic mass is 10.1. The molecule has 0 aromatic heterocycles. The van der Waals surface area contributed by atoms with Crippen molar-refractivity contribution in [2.75, 3.05) is 40.3 Å². The number of nitrogens with zero attached hydrogens (tertiary/aromatic N) is 4. The van der Waals surface area contributed by atoms with Crippen molar-refractivity contribution in [3.63, 3.8) is 0 Å². The molecule has 2 N–H and O–H groups in total. The zero-order chi connectivity index (χ0) is 24.1. The molecular weight excluding hydrogens is 394 g/mol. The lowest BCUT2D eigenvalue weighted by Gasteiger charge is -2.47. The van der Waals surface area contributed by atoms with Gasteiger partial charge in [0.1, 0.15) is 7.05 Å². The lowest BCUT2D eigenvalue weighted by Crippen LogP contribution is -2.72. The molecule has 0 aliphatic heterocycles. The van der Waals surface area contributed by atoms with E-state index in [4.69, 9.17) is 5.73 Å². The molecule has 0 aromatic rings. The average Bonchev–Trinajstić information content (AvgIpc) is 2.81. The monoisotopic (exact) mass is 454 g/mol. The van der Waals surface area contributed by atoms with E-state index in [2.05, 4.69) is 49.8 Å². The van der Waals surface area contributed by atoms with E-state index in [1.807, 2.05) is 7.05 Å². The number of quaternary nitrogens is 1. The number of aliphatic imine (C=N–C) groups is 1. The van der Waals surface area contributed by atoms with Crippen molar-refractivity contribution in [2.24, 2.45) is 10.7 Å². The third kappa shape index (κ3) is 12.6. The minimum Gasteiger partial charge on any atom is -0.335 e. The summed E-state index contributed by atoms with van der Waals surface area (Å²) in [5.41, 5.74) is 6.71. The van der Waals surface area contributed by atoms with Gasteiger partial charge in [0.15, 0.2) is 0 Å². The molecule has 0 unspecified atom stereocenters. The quantitative estimate of drug-likeness (QED) is 0.0622. The summed E-state index contributed by atoms with van der Waals surface area (Å²) in [6, 6.07) is 0. The second-order valence-corrected chi connectivity index (χ2v) is 9.64. The van der Waals surface area contributed by atoms with Crippen LogP contribution in [0.1, 0.15) is 130 Å². The van der Waals surface area contributed by atoms with E-state index in [9.17, 15) is 0 Å². The number of unbranched alkanes of at least 4 members (excludes halogenated alkanes) is 12. The normalized spacial score (nSPS) is 12.9. The number of guanidine groups is 1. The molecule has 0 rings (SSSR count). The van der Waals surface area contributed by atoms with Gasteiger partial charge in [-0.3, -0.25) is 0 Å². The van der Waals surface area contributed by atoms with Gasteiger partial charge in [-0.05, 0) is 25.7 Å². The number of hydrogen-bond acceptors (Lipinski definition) is 3. The van der Waals surface area contributed by atoms with E-state index in [1.165, 1.54) is 103 Å². The van der Waals surface area contributed by atoms with Crippen LogP contribution in [0.5, 0.6) is 0 Å². The first-order valence-corrected chi connectivity index (χ1v) is 14.1. The Hall–Kier alpha value is -0.650. The lowest BCUT2D eigenvalue weighted by molar-refractivity contribution is -1.05. The first-order chi connectivity index (χ1) is 15.5. The van der Waals surface area contributed by atoms with E-state index in [1.54, 1.807) is 0 Å². The van der Waals surface area contributed by atoms with E-state index < -0.39 is 0 Å². The zero-order valence-corrected chi connectivity index (χ0v) is 23.0. The van der Waals surface area contributed by atoms with Crippen LogP contribution >= 0.6 is 0 Å². The highest BCUT2D eigenvalue weighted by atomic mass is 16.0. The molecule has 0 bridgehead atoms. The predicted octanol–water partition coefficient (Wildman–Crippen LogP) is 7.13. The number of hydrogen-bond donors (Lipinski definition) is 1. The molecule has 0 amide bonds. The molecule has 5 nitrogen and oxygen atoms in total. The first kappa shape index (κ1) is 31.4. The predicted molar refractivity (Wildman–Crippen MR) is 143 cm³/mol. The van der Waals surface area contributed by atoms with Gasteiger partial charge in [-0.1, -0.05) is 105 Å². The van der Waals surface area contributed by atoms with Gasteiger partial charge in [0.05, 0.1) is 26.2 Å². The van der Waals surface area contributed by atoms with Crippen molar-refractivity contribution in [1.82, 2.24) is 10.0 Å². The molecule has 0 aliphatic carbocycles. The Morgan fingerprint density at radius 2 is 0.844 bits per heavy atom. The first-order valence-electron chi connectivity index (χ1n) is 14.1. The summed E-state index contributed by atoms with van der Waals surface area (Å²) in [6.07, 6.45) is 20.6. The molecule has 32 heavy (non-hydrogen) atoms. The van der Waals surface area contributed by atoms with Crippen LogP contribution in [0.2, 0.25) is 0 Å². The fourth-order valence-corrected chi connectivity index (χ4v) is 4.54. The van der Waals surface area contributed by atoms with Crippen molar-refractivity contribution in [1.29, 1.82) is 0 Å². The van der Waals surface area contributed by atoms with Crippen molar-refractivity contribution in [2.45, 2.75) is 130 Å². The number of rotatable bonds is 22. The molecule has 0 heterocycles. The topological polar surface area (TPSA) is 44.9 Å². The van der Waals surface area contributed by atoms with E-state index >= 15 is 0 Å². The van der Waals surface area contributed by atoms with Crippen LogP contribution in [-0.2, 0) is 0 Å². The van der Waals surface area contributed by atoms with Crippen molar-refractivity contribution in [3.8, 4) is 0 Å². The minimum absolute atomic E-state index is 0.576. The Labute approximate surface area is 202 Å². The van der Waals surface area contributed by atoms with Gasteiger partial charge >= 0.3 is 5.96 Å². The Morgan fingerprint density at radius 1 is 0.562 bits per heavy atom. The molecule has 0 saturated carbocycles. The third-order valence-electron chi connectivity index (χ3n) is 6.84. The molecule has 0 atom stereocenters. The molecular formula is C27H60N5+. The van der Waals surface area contributed by atoms with Crippen LogP contribution < -0.4 is 5.73 Å². The van der Waals surface area contributed by atoms with Gasteiger partial charge in [-0.2, -0.15) is 0 Å². The maximum Gasteiger partial charge on any atom is 0.335 e. The highest BCUT2D eigenvalue weighted by Gasteiger charge is 2.41. The summed E-state index contributed by atoms with van der Waals surface area (Å²) < 4.78 is 0.576. The second-order valence-electron chi connectivity index (χ2n) is 9.64. The molecule has 0 radical (unpaired) electrons. The van der Waals surface area contributed by atoms with E-state index in [0.29, 0.717) is 4.70 Å². The Balaban J connectivity index is 5.64. The fraction of sp³-hybridized carbons (Fsp3) is 0.963. The standard InChI is InChI=1S/C27H60N5/c1-7-11-15-19-23-30(24-20-16-12-8-2)32(6,27(28)29-5)31(25-21-17-13-9-3)26-22-18-14-10-4/h7-26H2,1-6H3,(H2,28,29)/q+1. The van der Waals surface area contributed by atoms with Gasteiger partial charge in [-0.25, -0.2) is 4.99 Å². The molecule has 5 heteroatoms. The van der Waals surface area contributed by atoms with Gasteiger partial charge < -0.3 is 5.73 Å². The minimum atomic E-state index is 0.576.